The fourth-order valence-corrected chi connectivity index (χ4v) is 3.51. The Labute approximate surface area is 116 Å². The van der Waals surface area contributed by atoms with Crippen LogP contribution in [0.2, 0.25) is 0 Å². The van der Waals surface area contributed by atoms with E-state index in [2.05, 4.69) is 18.7 Å². The minimum Gasteiger partial charge on any atom is -0.339 e. The summed E-state index contributed by atoms with van der Waals surface area (Å²) in [4.78, 5) is 14.9. The Morgan fingerprint density at radius 1 is 1.28 bits per heavy atom. The highest BCUT2D eigenvalue weighted by Gasteiger charge is 2.42. The van der Waals surface area contributed by atoms with Crippen LogP contribution in [0.4, 0.5) is 0 Å². The lowest BCUT2D eigenvalue weighted by molar-refractivity contribution is -0.142. The average Bonchev–Trinajstić information content (AvgIpc) is 2.60. The van der Waals surface area contributed by atoms with Crippen molar-refractivity contribution < 1.29 is 4.79 Å². The average molecular weight is 272 g/mol. The molecule has 0 saturated heterocycles. The van der Waals surface area contributed by atoms with Crippen LogP contribution in [0, 0.1) is 11.3 Å². The molecular weight excluding hydrogens is 246 g/mol. The van der Waals surface area contributed by atoms with Gasteiger partial charge in [-0.2, -0.15) is 0 Å². The molecule has 3 heteroatoms. The molecule has 1 unspecified atom stereocenters. The van der Waals surface area contributed by atoms with Crippen molar-refractivity contribution in [2.75, 3.05) is 12.4 Å². The number of hydrogen-bond acceptors (Lipinski definition) is 1. The van der Waals surface area contributed by atoms with E-state index in [0.717, 1.165) is 19.4 Å². The summed E-state index contributed by atoms with van der Waals surface area (Å²) < 4.78 is 0. The zero-order chi connectivity index (χ0) is 13.2. The summed E-state index contributed by atoms with van der Waals surface area (Å²) in [6.07, 6.45) is 8.08. The van der Waals surface area contributed by atoms with Crippen molar-refractivity contribution in [3.63, 3.8) is 0 Å². The van der Waals surface area contributed by atoms with E-state index in [-0.39, 0.29) is 11.3 Å². The Morgan fingerprint density at radius 3 is 2.44 bits per heavy atom. The van der Waals surface area contributed by atoms with Crippen molar-refractivity contribution in [2.45, 2.75) is 64.8 Å². The van der Waals surface area contributed by atoms with Crippen LogP contribution in [0.1, 0.15) is 58.8 Å². The molecule has 1 atom stereocenters. The molecule has 2 aliphatic rings. The van der Waals surface area contributed by atoms with Gasteiger partial charge in [-0.05, 0) is 43.9 Å². The lowest BCUT2D eigenvalue weighted by atomic mass is 9.80. The predicted octanol–water partition coefficient (Wildman–Crippen LogP) is 3.82. The van der Waals surface area contributed by atoms with Crippen LogP contribution < -0.4 is 0 Å². The molecule has 2 aliphatic carbocycles. The van der Waals surface area contributed by atoms with Gasteiger partial charge in [-0.25, -0.2) is 0 Å². The van der Waals surface area contributed by atoms with Gasteiger partial charge in [0.25, 0.3) is 0 Å². The van der Waals surface area contributed by atoms with Gasteiger partial charge in [0, 0.05) is 24.4 Å². The van der Waals surface area contributed by atoms with E-state index in [1.165, 1.54) is 32.1 Å². The highest BCUT2D eigenvalue weighted by atomic mass is 35.5. The fourth-order valence-electron chi connectivity index (χ4n) is 3.39. The quantitative estimate of drug-likeness (QED) is 0.696. The van der Waals surface area contributed by atoms with E-state index >= 15 is 0 Å². The topological polar surface area (TPSA) is 20.3 Å². The van der Waals surface area contributed by atoms with Crippen molar-refractivity contribution in [3.05, 3.63) is 0 Å². The van der Waals surface area contributed by atoms with E-state index in [0.29, 0.717) is 17.8 Å². The van der Waals surface area contributed by atoms with Crippen LogP contribution in [0.25, 0.3) is 0 Å². The van der Waals surface area contributed by atoms with Crippen molar-refractivity contribution in [3.8, 4) is 0 Å². The van der Waals surface area contributed by atoms with Crippen molar-refractivity contribution in [1.29, 1.82) is 0 Å². The third-order valence-corrected chi connectivity index (χ3v) is 5.15. The number of rotatable bonds is 5. The zero-order valence-corrected chi connectivity index (χ0v) is 12.5. The Bertz CT molecular complexity index is 299. The third-order valence-electron chi connectivity index (χ3n) is 4.89. The molecule has 0 spiro atoms. The molecule has 0 aromatic rings. The zero-order valence-electron chi connectivity index (χ0n) is 11.8. The molecule has 0 heterocycles. The standard InChI is InChI=1S/C15H26ClNO/c1-15(2)9-4-8-13(15)14(18)17(11-5-10-16)12-6-3-7-12/h12-13H,3-11H2,1-2H3. The Balaban J connectivity index is 2.02. The highest BCUT2D eigenvalue weighted by Crippen LogP contribution is 2.44. The fraction of sp³-hybridized carbons (Fsp3) is 0.933. The minimum absolute atomic E-state index is 0.194. The van der Waals surface area contributed by atoms with Crippen LogP contribution in [0.5, 0.6) is 0 Å². The van der Waals surface area contributed by atoms with E-state index in [1.807, 2.05) is 0 Å². The van der Waals surface area contributed by atoms with Crippen LogP contribution in [0.15, 0.2) is 0 Å². The summed E-state index contributed by atoms with van der Waals surface area (Å²) in [7, 11) is 0. The maximum absolute atomic E-state index is 12.8. The first-order chi connectivity index (χ1) is 8.56. The molecule has 0 aliphatic heterocycles. The summed E-state index contributed by atoms with van der Waals surface area (Å²) in [6.45, 7) is 5.37. The van der Waals surface area contributed by atoms with Crippen molar-refractivity contribution in [1.82, 2.24) is 4.90 Å². The highest BCUT2D eigenvalue weighted by molar-refractivity contribution is 6.17. The first-order valence-corrected chi connectivity index (χ1v) is 7.96. The first-order valence-electron chi connectivity index (χ1n) is 7.43. The van der Waals surface area contributed by atoms with Gasteiger partial charge in [-0.1, -0.05) is 20.3 Å². The SMILES string of the molecule is CC1(C)CCCC1C(=O)N(CCCCl)C1CCC1. The Morgan fingerprint density at radius 2 is 2.00 bits per heavy atom. The van der Waals surface area contributed by atoms with Crippen LogP contribution >= 0.6 is 11.6 Å². The van der Waals surface area contributed by atoms with Crippen LogP contribution in [0.3, 0.4) is 0 Å². The lowest BCUT2D eigenvalue weighted by Gasteiger charge is -2.41. The summed E-state index contributed by atoms with van der Waals surface area (Å²) in [6, 6.07) is 0.511. The van der Waals surface area contributed by atoms with Gasteiger partial charge in [-0.15, -0.1) is 11.6 Å². The second-order valence-electron chi connectivity index (χ2n) is 6.59. The first kappa shape index (κ1) is 14.2. The Hall–Kier alpha value is -0.240. The summed E-state index contributed by atoms with van der Waals surface area (Å²) in [5, 5.41) is 0. The minimum atomic E-state index is 0.194. The number of amides is 1. The second-order valence-corrected chi connectivity index (χ2v) is 6.97. The number of nitrogens with zero attached hydrogens (tertiary/aromatic N) is 1. The number of hydrogen-bond donors (Lipinski definition) is 0. The van der Waals surface area contributed by atoms with Gasteiger partial charge >= 0.3 is 0 Å². The lowest BCUT2D eigenvalue weighted by Crippen LogP contribution is -2.49. The molecular formula is C15H26ClNO. The largest absolute Gasteiger partial charge is 0.339 e. The summed E-state index contributed by atoms with van der Waals surface area (Å²) in [5.74, 6) is 1.31. The second kappa shape index (κ2) is 5.81. The third kappa shape index (κ3) is 2.84. The van der Waals surface area contributed by atoms with Gasteiger partial charge < -0.3 is 4.90 Å². The molecule has 104 valence electrons. The molecule has 0 radical (unpaired) electrons. The molecule has 0 aromatic heterocycles. The molecule has 2 saturated carbocycles. The molecule has 0 N–H and O–H groups in total. The van der Waals surface area contributed by atoms with Gasteiger partial charge in [0.05, 0.1) is 0 Å². The van der Waals surface area contributed by atoms with Gasteiger partial charge in [0.15, 0.2) is 0 Å². The van der Waals surface area contributed by atoms with Crippen molar-refractivity contribution in [2.24, 2.45) is 11.3 Å². The Kier molecular flexibility index (Phi) is 4.58. The molecule has 2 rings (SSSR count). The van der Waals surface area contributed by atoms with Gasteiger partial charge in [0.1, 0.15) is 0 Å². The molecule has 2 fully saturated rings. The van der Waals surface area contributed by atoms with Crippen LogP contribution in [-0.4, -0.2) is 29.3 Å². The molecule has 2 nitrogen and oxygen atoms in total. The van der Waals surface area contributed by atoms with Crippen LogP contribution in [-0.2, 0) is 4.79 Å². The van der Waals surface area contributed by atoms with Gasteiger partial charge in [-0.3, -0.25) is 4.79 Å². The van der Waals surface area contributed by atoms with Crippen molar-refractivity contribution >= 4 is 17.5 Å². The monoisotopic (exact) mass is 271 g/mol. The molecule has 1 amide bonds. The van der Waals surface area contributed by atoms with E-state index in [9.17, 15) is 4.79 Å². The van der Waals surface area contributed by atoms with E-state index in [1.54, 1.807) is 0 Å². The summed E-state index contributed by atoms with van der Waals surface area (Å²) in [5.41, 5.74) is 0.194. The summed E-state index contributed by atoms with van der Waals surface area (Å²) >= 11 is 5.79. The number of halogens is 1. The van der Waals surface area contributed by atoms with E-state index < -0.39 is 0 Å². The van der Waals surface area contributed by atoms with E-state index in [4.69, 9.17) is 11.6 Å². The number of alkyl halides is 1. The van der Waals surface area contributed by atoms with Gasteiger partial charge in [0.2, 0.25) is 5.91 Å². The maximum atomic E-state index is 12.8. The number of carbonyl (C=O) groups excluding carboxylic acids is 1. The normalized spacial score (nSPS) is 26.9. The molecule has 0 bridgehead atoms. The maximum Gasteiger partial charge on any atom is 0.226 e. The predicted molar refractivity (Wildman–Crippen MR) is 75.8 cm³/mol. The number of carbonyl (C=O) groups is 1. The smallest absolute Gasteiger partial charge is 0.226 e. The molecule has 18 heavy (non-hydrogen) atoms. The molecule has 0 aromatic carbocycles.